The molecule has 0 spiro atoms. The molecule has 0 unspecified atom stereocenters. The van der Waals surface area contributed by atoms with Crippen LogP contribution in [0.5, 0.6) is 0 Å². The molecule has 2 aliphatic heterocycles. The first-order chi connectivity index (χ1) is 14.2. The molecule has 0 radical (unpaired) electrons. The second kappa shape index (κ2) is 8.24. The molecule has 1 N–H and O–H groups in total. The van der Waals surface area contributed by atoms with Gasteiger partial charge in [-0.15, -0.1) is 0 Å². The van der Waals surface area contributed by atoms with Gasteiger partial charge < -0.3 is 10.2 Å². The number of amides is 1. The van der Waals surface area contributed by atoms with Crippen molar-refractivity contribution < 1.29 is 13.2 Å². The molecule has 2 aliphatic rings. The second-order valence-electron chi connectivity index (χ2n) is 7.63. The van der Waals surface area contributed by atoms with E-state index in [4.69, 9.17) is 16.6 Å². The number of hydrogen-bond acceptors (Lipinski definition) is 6. The van der Waals surface area contributed by atoms with Gasteiger partial charge in [0.05, 0.1) is 29.3 Å². The van der Waals surface area contributed by atoms with E-state index in [1.54, 1.807) is 24.3 Å². The van der Waals surface area contributed by atoms with Gasteiger partial charge in [0, 0.05) is 16.4 Å². The Hall–Kier alpha value is -2.03. The van der Waals surface area contributed by atoms with E-state index in [0.717, 1.165) is 16.8 Å². The number of nitrogens with one attached hydrogen (secondary N) is 1. The molecule has 6 nitrogen and oxygen atoms in total. The highest BCUT2D eigenvalue weighted by atomic mass is 35.5. The van der Waals surface area contributed by atoms with Crippen molar-refractivity contribution in [2.45, 2.75) is 25.9 Å². The summed E-state index contributed by atoms with van der Waals surface area (Å²) in [6.45, 7) is 4.00. The Labute approximate surface area is 185 Å². The summed E-state index contributed by atoms with van der Waals surface area (Å²) in [5, 5.41) is 4.07. The number of rotatable bonds is 4. The summed E-state index contributed by atoms with van der Waals surface area (Å²) in [7, 11) is -3.12. The van der Waals surface area contributed by atoms with E-state index in [2.05, 4.69) is 5.32 Å². The minimum absolute atomic E-state index is 0.0534. The Bertz CT molecular complexity index is 1130. The third kappa shape index (κ3) is 4.50. The molecule has 1 amide bonds. The Kier molecular flexibility index (Phi) is 5.83. The number of fused-ring (bicyclic) bond motifs is 1. The molecule has 0 aromatic heterocycles. The summed E-state index contributed by atoms with van der Waals surface area (Å²) >= 11 is 7.30. The molecule has 0 aliphatic carbocycles. The molecule has 4 rings (SSSR count). The fourth-order valence-electron chi connectivity index (χ4n) is 3.79. The highest BCUT2D eigenvalue weighted by molar-refractivity contribution is 8.14. The van der Waals surface area contributed by atoms with Gasteiger partial charge in [0.25, 0.3) is 0 Å². The molecular weight excluding hydrogens is 442 g/mol. The number of sulfone groups is 1. The lowest BCUT2D eigenvalue weighted by atomic mass is 10.1. The fraction of sp³-hybridized carbons (Fsp3) is 0.333. The van der Waals surface area contributed by atoms with Gasteiger partial charge in [-0.3, -0.25) is 9.79 Å². The zero-order valence-corrected chi connectivity index (χ0v) is 19.0. The van der Waals surface area contributed by atoms with Crippen molar-refractivity contribution in [1.29, 1.82) is 0 Å². The second-order valence-corrected chi connectivity index (χ2v) is 11.2. The standard InChI is InChI=1S/C21H22ClN3O3S2/c1-13-6-7-14(2)18(8-13)25-19-12-30(27,28)11-17(19)24-21(25)29-10-20(26)23-16-5-3-4-15(22)9-16/h3-9,17,19H,10-12H2,1-2H3,(H,23,26)/t17-,19-/m1/s1. The summed E-state index contributed by atoms with van der Waals surface area (Å²) in [5.74, 6) is 0.125. The van der Waals surface area contributed by atoms with E-state index in [1.807, 2.05) is 36.9 Å². The van der Waals surface area contributed by atoms with Gasteiger partial charge in [0.1, 0.15) is 0 Å². The zero-order valence-electron chi connectivity index (χ0n) is 16.6. The molecule has 2 aromatic rings. The van der Waals surface area contributed by atoms with Crippen molar-refractivity contribution >= 4 is 55.6 Å². The monoisotopic (exact) mass is 463 g/mol. The first-order valence-electron chi connectivity index (χ1n) is 9.55. The third-order valence-electron chi connectivity index (χ3n) is 5.17. The zero-order chi connectivity index (χ0) is 21.5. The summed E-state index contributed by atoms with van der Waals surface area (Å²) < 4.78 is 24.4. The highest BCUT2D eigenvalue weighted by Crippen LogP contribution is 2.37. The van der Waals surface area contributed by atoms with E-state index in [1.165, 1.54) is 11.8 Å². The van der Waals surface area contributed by atoms with Gasteiger partial charge in [-0.2, -0.15) is 0 Å². The Balaban J connectivity index is 1.54. The quantitative estimate of drug-likeness (QED) is 0.748. The Morgan fingerprint density at radius 1 is 1.23 bits per heavy atom. The van der Waals surface area contributed by atoms with Crippen molar-refractivity contribution in [2.75, 3.05) is 27.5 Å². The molecule has 2 aromatic carbocycles. The lowest BCUT2D eigenvalue weighted by Gasteiger charge is -2.28. The molecule has 9 heteroatoms. The number of benzene rings is 2. The van der Waals surface area contributed by atoms with Gasteiger partial charge in [-0.05, 0) is 49.2 Å². The minimum Gasteiger partial charge on any atom is -0.325 e. The van der Waals surface area contributed by atoms with Crippen LogP contribution < -0.4 is 10.2 Å². The lowest BCUT2D eigenvalue weighted by Crippen LogP contribution is -2.40. The van der Waals surface area contributed by atoms with Gasteiger partial charge in [0.15, 0.2) is 15.0 Å². The number of carbonyl (C=O) groups excluding carboxylic acids is 1. The van der Waals surface area contributed by atoms with Crippen molar-refractivity contribution in [3.8, 4) is 0 Å². The maximum absolute atomic E-state index is 12.4. The van der Waals surface area contributed by atoms with Gasteiger partial charge in [-0.25, -0.2) is 8.42 Å². The first-order valence-corrected chi connectivity index (χ1v) is 12.7. The molecule has 30 heavy (non-hydrogen) atoms. The molecule has 158 valence electrons. The molecule has 0 saturated carbocycles. The van der Waals surface area contributed by atoms with Crippen LogP contribution >= 0.6 is 23.4 Å². The fourth-order valence-corrected chi connectivity index (χ4v) is 6.74. The smallest absolute Gasteiger partial charge is 0.234 e. The normalized spacial score (nSPS) is 22.0. The van der Waals surface area contributed by atoms with Crippen LogP contribution in [-0.2, 0) is 14.6 Å². The van der Waals surface area contributed by atoms with E-state index in [-0.39, 0.29) is 35.2 Å². The number of halogens is 1. The average molecular weight is 464 g/mol. The average Bonchev–Trinajstić information content (AvgIpc) is 3.13. The van der Waals surface area contributed by atoms with E-state index in [9.17, 15) is 13.2 Å². The largest absolute Gasteiger partial charge is 0.325 e. The van der Waals surface area contributed by atoms with Crippen LogP contribution in [0.2, 0.25) is 5.02 Å². The topological polar surface area (TPSA) is 78.8 Å². The predicted molar refractivity (Wildman–Crippen MR) is 125 cm³/mol. The Morgan fingerprint density at radius 2 is 2.03 bits per heavy atom. The summed E-state index contributed by atoms with van der Waals surface area (Å²) in [5.41, 5.74) is 3.71. The van der Waals surface area contributed by atoms with Crippen LogP contribution in [0.25, 0.3) is 0 Å². The SMILES string of the molecule is Cc1ccc(C)c(N2C(SCC(=O)Nc3cccc(Cl)c3)=N[C@@H]3CS(=O)(=O)C[C@H]32)c1. The molecule has 0 bridgehead atoms. The summed E-state index contributed by atoms with van der Waals surface area (Å²) in [4.78, 5) is 19.2. The molecule has 2 atom stereocenters. The summed E-state index contributed by atoms with van der Waals surface area (Å²) in [6.07, 6.45) is 0. The van der Waals surface area contributed by atoms with E-state index >= 15 is 0 Å². The van der Waals surface area contributed by atoms with Crippen molar-refractivity contribution in [1.82, 2.24) is 0 Å². The summed E-state index contributed by atoms with van der Waals surface area (Å²) in [6, 6.07) is 12.6. The van der Waals surface area contributed by atoms with Crippen molar-refractivity contribution in [3.63, 3.8) is 0 Å². The third-order valence-corrected chi connectivity index (χ3v) is 8.07. The highest BCUT2D eigenvalue weighted by Gasteiger charge is 2.47. The number of hydrogen-bond donors (Lipinski definition) is 1. The number of amidine groups is 1. The number of nitrogens with zero attached hydrogens (tertiary/aromatic N) is 2. The number of aliphatic imine (C=N–C) groups is 1. The molecule has 1 saturated heterocycles. The van der Waals surface area contributed by atoms with Crippen LogP contribution in [0, 0.1) is 13.8 Å². The van der Waals surface area contributed by atoms with Gasteiger partial charge in [0.2, 0.25) is 5.91 Å². The van der Waals surface area contributed by atoms with Crippen LogP contribution in [0.4, 0.5) is 11.4 Å². The number of thioether (sulfide) groups is 1. The predicted octanol–water partition coefficient (Wildman–Crippen LogP) is 3.67. The first kappa shape index (κ1) is 21.2. The lowest BCUT2D eigenvalue weighted by molar-refractivity contribution is -0.113. The van der Waals surface area contributed by atoms with Crippen LogP contribution in [0.3, 0.4) is 0 Å². The maximum atomic E-state index is 12.4. The molecule has 2 heterocycles. The van der Waals surface area contributed by atoms with Crippen molar-refractivity contribution in [2.24, 2.45) is 4.99 Å². The number of aryl methyl sites for hydroxylation is 2. The number of anilines is 2. The van der Waals surface area contributed by atoms with Gasteiger partial charge >= 0.3 is 0 Å². The van der Waals surface area contributed by atoms with Gasteiger partial charge in [-0.1, -0.05) is 41.6 Å². The van der Waals surface area contributed by atoms with E-state index < -0.39 is 9.84 Å². The molecule has 1 fully saturated rings. The minimum atomic E-state index is -3.12. The number of carbonyl (C=O) groups is 1. The molecular formula is C21H22ClN3O3S2. The van der Waals surface area contributed by atoms with E-state index in [0.29, 0.717) is 15.9 Å². The van der Waals surface area contributed by atoms with Crippen LogP contribution in [0.15, 0.2) is 47.5 Å². The van der Waals surface area contributed by atoms with Crippen LogP contribution in [-0.4, -0.2) is 48.8 Å². The van der Waals surface area contributed by atoms with Crippen LogP contribution in [0.1, 0.15) is 11.1 Å². The Morgan fingerprint density at radius 3 is 2.80 bits per heavy atom. The van der Waals surface area contributed by atoms with Crippen molar-refractivity contribution in [3.05, 3.63) is 58.6 Å². The maximum Gasteiger partial charge on any atom is 0.234 e.